The lowest BCUT2D eigenvalue weighted by Gasteiger charge is -2.17. The van der Waals surface area contributed by atoms with Crippen molar-refractivity contribution in [2.24, 2.45) is 0 Å². The molecule has 5 heteroatoms. The van der Waals surface area contributed by atoms with Crippen LogP contribution in [0.2, 0.25) is 0 Å². The van der Waals surface area contributed by atoms with Crippen LogP contribution in [0.4, 0.5) is 0 Å². The summed E-state index contributed by atoms with van der Waals surface area (Å²) in [6, 6.07) is 0. The molecular formula is C10H15BrN2O2. The van der Waals surface area contributed by atoms with Crippen molar-refractivity contribution in [3.63, 3.8) is 0 Å². The molecule has 1 rings (SSSR count). The molecule has 0 bridgehead atoms. The molecule has 0 unspecified atom stereocenters. The Morgan fingerprint density at radius 1 is 1.53 bits per heavy atom. The summed E-state index contributed by atoms with van der Waals surface area (Å²) in [5, 5.41) is 0. The Morgan fingerprint density at radius 2 is 2.13 bits per heavy atom. The average Bonchev–Trinajstić information content (AvgIpc) is 2.47. The Morgan fingerprint density at radius 3 is 2.60 bits per heavy atom. The van der Waals surface area contributed by atoms with E-state index in [1.165, 1.54) is 0 Å². The third kappa shape index (κ3) is 2.81. The lowest BCUT2D eigenvalue weighted by molar-refractivity contribution is 0.0517. The molecule has 1 heterocycles. The van der Waals surface area contributed by atoms with E-state index in [0.717, 1.165) is 5.69 Å². The van der Waals surface area contributed by atoms with Gasteiger partial charge in [-0.2, -0.15) is 0 Å². The van der Waals surface area contributed by atoms with E-state index in [2.05, 4.69) is 25.9 Å². The molecule has 0 aliphatic heterocycles. The van der Waals surface area contributed by atoms with E-state index in [9.17, 15) is 4.79 Å². The molecule has 1 aromatic heterocycles. The van der Waals surface area contributed by atoms with Crippen LogP contribution in [0.3, 0.4) is 0 Å². The van der Waals surface area contributed by atoms with Gasteiger partial charge in [-0.3, -0.25) is 0 Å². The number of imidazole rings is 1. The number of nitrogens with one attached hydrogen (secondary N) is 1. The Labute approximate surface area is 97.6 Å². The zero-order valence-corrected chi connectivity index (χ0v) is 10.9. The standard InChI is InChI=1S/C10H15BrN2O2/c1-5-15-8(14)6-7(10(2,3)4)13-9(11)12-6/h5H2,1-4H3,(H,12,13). The Bertz CT molecular complexity index is 366. The van der Waals surface area contributed by atoms with Gasteiger partial charge < -0.3 is 9.72 Å². The van der Waals surface area contributed by atoms with Gasteiger partial charge in [0, 0.05) is 5.41 Å². The van der Waals surface area contributed by atoms with Gasteiger partial charge in [-0.15, -0.1) is 0 Å². The largest absolute Gasteiger partial charge is 0.461 e. The fourth-order valence-corrected chi connectivity index (χ4v) is 1.61. The summed E-state index contributed by atoms with van der Waals surface area (Å²) in [6.07, 6.45) is 0. The molecule has 15 heavy (non-hydrogen) atoms. The molecule has 0 saturated carbocycles. The van der Waals surface area contributed by atoms with E-state index in [4.69, 9.17) is 4.74 Å². The summed E-state index contributed by atoms with van der Waals surface area (Å²) in [6.45, 7) is 8.16. The molecule has 0 amide bonds. The molecule has 0 aliphatic rings. The van der Waals surface area contributed by atoms with Crippen molar-refractivity contribution in [1.82, 2.24) is 9.97 Å². The van der Waals surface area contributed by atoms with Gasteiger partial charge in [0.05, 0.1) is 12.3 Å². The number of esters is 1. The highest BCUT2D eigenvalue weighted by Crippen LogP contribution is 2.25. The quantitative estimate of drug-likeness (QED) is 0.844. The number of hydrogen-bond donors (Lipinski definition) is 1. The van der Waals surface area contributed by atoms with Gasteiger partial charge in [-0.05, 0) is 22.9 Å². The number of rotatable bonds is 2. The van der Waals surface area contributed by atoms with Gasteiger partial charge in [0.25, 0.3) is 0 Å². The van der Waals surface area contributed by atoms with Gasteiger partial charge in [0.2, 0.25) is 0 Å². The normalized spacial score (nSPS) is 11.5. The molecule has 0 spiro atoms. The molecule has 0 fully saturated rings. The third-order valence-corrected chi connectivity index (χ3v) is 2.27. The molecule has 1 aromatic rings. The number of ether oxygens (including phenoxy) is 1. The van der Waals surface area contributed by atoms with Crippen LogP contribution in [-0.2, 0) is 10.2 Å². The van der Waals surface area contributed by atoms with Crippen molar-refractivity contribution in [2.45, 2.75) is 33.1 Å². The summed E-state index contributed by atoms with van der Waals surface area (Å²) in [5.74, 6) is -0.385. The minimum atomic E-state index is -0.385. The molecule has 0 atom stereocenters. The van der Waals surface area contributed by atoms with Crippen LogP contribution in [0.25, 0.3) is 0 Å². The van der Waals surface area contributed by atoms with Gasteiger partial charge in [0.1, 0.15) is 0 Å². The molecule has 0 aromatic carbocycles. The monoisotopic (exact) mass is 274 g/mol. The van der Waals surface area contributed by atoms with Crippen molar-refractivity contribution in [3.8, 4) is 0 Å². The molecule has 1 N–H and O–H groups in total. The number of aromatic amines is 1. The number of carbonyl (C=O) groups is 1. The highest BCUT2D eigenvalue weighted by Gasteiger charge is 2.26. The summed E-state index contributed by atoms with van der Waals surface area (Å²) in [4.78, 5) is 18.7. The van der Waals surface area contributed by atoms with Gasteiger partial charge in [0.15, 0.2) is 10.4 Å². The van der Waals surface area contributed by atoms with Crippen LogP contribution in [-0.4, -0.2) is 22.5 Å². The number of halogens is 1. The van der Waals surface area contributed by atoms with Crippen LogP contribution >= 0.6 is 15.9 Å². The molecule has 0 aliphatic carbocycles. The number of aromatic nitrogens is 2. The van der Waals surface area contributed by atoms with E-state index in [-0.39, 0.29) is 11.4 Å². The molecule has 84 valence electrons. The van der Waals surface area contributed by atoms with Crippen molar-refractivity contribution >= 4 is 21.9 Å². The summed E-state index contributed by atoms with van der Waals surface area (Å²) >= 11 is 3.22. The van der Waals surface area contributed by atoms with Crippen LogP contribution in [0.15, 0.2) is 4.73 Å². The van der Waals surface area contributed by atoms with Crippen molar-refractivity contribution < 1.29 is 9.53 Å². The molecular weight excluding hydrogens is 260 g/mol. The second kappa shape index (κ2) is 4.35. The average molecular weight is 275 g/mol. The van der Waals surface area contributed by atoms with E-state index in [0.29, 0.717) is 17.0 Å². The second-order valence-corrected chi connectivity index (χ2v) is 4.97. The Hall–Kier alpha value is -0.840. The highest BCUT2D eigenvalue weighted by atomic mass is 79.9. The zero-order chi connectivity index (χ0) is 11.6. The maximum atomic E-state index is 11.6. The maximum Gasteiger partial charge on any atom is 0.358 e. The first kappa shape index (κ1) is 12.2. The Kier molecular flexibility index (Phi) is 3.54. The number of nitrogens with zero attached hydrogens (tertiary/aromatic N) is 1. The van der Waals surface area contributed by atoms with Crippen LogP contribution in [0.1, 0.15) is 43.9 Å². The lowest BCUT2D eigenvalue weighted by Crippen LogP contribution is -2.18. The SMILES string of the molecule is CCOC(=O)c1nc(Br)[nH]c1C(C)(C)C. The summed E-state index contributed by atoms with van der Waals surface area (Å²) in [7, 11) is 0. The predicted molar refractivity (Wildman–Crippen MR) is 60.9 cm³/mol. The number of H-pyrrole nitrogens is 1. The first-order valence-corrected chi connectivity index (χ1v) is 5.58. The highest BCUT2D eigenvalue weighted by molar-refractivity contribution is 9.10. The minimum Gasteiger partial charge on any atom is -0.461 e. The summed E-state index contributed by atoms with van der Waals surface area (Å²) < 4.78 is 5.49. The first-order chi connectivity index (χ1) is 6.86. The first-order valence-electron chi connectivity index (χ1n) is 4.79. The lowest BCUT2D eigenvalue weighted by atomic mass is 9.91. The fraction of sp³-hybridized carbons (Fsp3) is 0.600. The van der Waals surface area contributed by atoms with E-state index >= 15 is 0 Å². The van der Waals surface area contributed by atoms with E-state index in [1.54, 1.807) is 6.92 Å². The maximum absolute atomic E-state index is 11.6. The van der Waals surface area contributed by atoms with E-state index < -0.39 is 0 Å². The minimum absolute atomic E-state index is 0.166. The zero-order valence-electron chi connectivity index (χ0n) is 9.35. The second-order valence-electron chi connectivity index (χ2n) is 4.22. The molecule has 0 saturated heterocycles. The van der Waals surface area contributed by atoms with Gasteiger partial charge in [-0.25, -0.2) is 9.78 Å². The van der Waals surface area contributed by atoms with Gasteiger partial charge >= 0.3 is 5.97 Å². The van der Waals surface area contributed by atoms with Crippen molar-refractivity contribution in [1.29, 1.82) is 0 Å². The summed E-state index contributed by atoms with van der Waals surface area (Å²) in [5.41, 5.74) is 0.977. The topological polar surface area (TPSA) is 55.0 Å². The number of hydrogen-bond acceptors (Lipinski definition) is 3. The van der Waals surface area contributed by atoms with Gasteiger partial charge in [-0.1, -0.05) is 20.8 Å². The smallest absolute Gasteiger partial charge is 0.358 e. The van der Waals surface area contributed by atoms with E-state index in [1.807, 2.05) is 20.8 Å². The predicted octanol–water partition coefficient (Wildman–Crippen LogP) is 2.65. The number of carbonyl (C=O) groups excluding carboxylic acids is 1. The van der Waals surface area contributed by atoms with Crippen LogP contribution < -0.4 is 0 Å². The van der Waals surface area contributed by atoms with Crippen LogP contribution in [0.5, 0.6) is 0 Å². The van der Waals surface area contributed by atoms with Crippen molar-refractivity contribution in [2.75, 3.05) is 6.61 Å². The van der Waals surface area contributed by atoms with Crippen LogP contribution in [0, 0.1) is 0 Å². The van der Waals surface area contributed by atoms with Crippen molar-refractivity contribution in [3.05, 3.63) is 16.1 Å². The third-order valence-electron chi connectivity index (χ3n) is 1.89. The Balaban J connectivity index is 3.12. The molecule has 0 radical (unpaired) electrons. The fourth-order valence-electron chi connectivity index (χ4n) is 1.23. The molecule has 4 nitrogen and oxygen atoms in total.